The van der Waals surface area contributed by atoms with Crippen LogP contribution in [0.5, 0.6) is 5.75 Å². The summed E-state index contributed by atoms with van der Waals surface area (Å²) in [6.07, 6.45) is -1.49. The van der Waals surface area contributed by atoms with Gasteiger partial charge < -0.3 is 9.84 Å². The van der Waals surface area contributed by atoms with Gasteiger partial charge in [-0.05, 0) is 38.3 Å². The van der Waals surface area contributed by atoms with Crippen molar-refractivity contribution < 1.29 is 23.0 Å². The lowest BCUT2D eigenvalue weighted by atomic mass is 9.77. The summed E-state index contributed by atoms with van der Waals surface area (Å²) in [4.78, 5) is 15.9. The molecule has 5 nitrogen and oxygen atoms in total. The zero-order chi connectivity index (χ0) is 19.1. The van der Waals surface area contributed by atoms with Crippen LogP contribution in [-0.2, 0) is 6.18 Å². The Morgan fingerprint density at radius 1 is 1.38 bits per heavy atom. The Morgan fingerprint density at radius 3 is 2.65 bits per heavy atom. The van der Waals surface area contributed by atoms with Crippen molar-refractivity contribution in [2.24, 2.45) is 0 Å². The van der Waals surface area contributed by atoms with Gasteiger partial charge in [0.1, 0.15) is 5.75 Å². The minimum Gasteiger partial charge on any atom is -0.494 e. The molecule has 0 bridgehead atoms. The molecular weight excluding hydrogens is 349 g/mol. The molecule has 1 heterocycles. The average Bonchev–Trinajstić information content (AvgIpc) is 2.51. The number of halogens is 3. The summed E-state index contributed by atoms with van der Waals surface area (Å²) in [5.41, 5.74) is -2.86. The highest BCUT2D eigenvalue weighted by atomic mass is 19.4. The van der Waals surface area contributed by atoms with Crippen LogP contribution in [0, 0.1) is 0 Å². The highest BCUT2D eigenvalue weighted by Crippen LogP contribution is 2.44. The molecule has 0 atom stereocenters. The highest BCUT2D eigenvalue weighted by molar-refractivity contribution is 5.84. The summed E-state index contributed by atoms with van der Waals surface area (Å²) in [6.45, 7) is 3.87. The third kappa shape index (κ3) is 3.56. The van der Waals surface area contributed by atoms with Crippen molar-refractivity contribution in [2.45, 2.75) is 57.3 Å². The summed E-state index contributed by atoms with van der Waals surface area (Å²) in [7, 11) is 0. The Morgan fingerprint density at radius 2 is 2.08 bits per heavy atom. The second-order valence-corrected chi connectivity index (χ2v) is 7.08. The fourth-order valence-electron chi connectivity index (χ4n) is 3.39. The van der Waals surface area contributed by atoms with E-state index in [1.54, 1.807) is 6.92 Å². The number of hydrogen-bond donors (Lipinski definition) is 1. The van der Waals surface area contributed by atoms with E-state index in [0.29, 0.717) is 6.61 Å². The standard InChI is InChI=1S/C18H21F3N2O3/c1-3-4-5-26-13-6-11-10-22-16(24)23(12-8-17(2,25)9-12)15(11)14(7-13)18(19,20)21/h6-7,10,12,25H,3-5,8-9H2,1-2H3. The van der Waals surface area contributed by atoms with E-state index >= 15 is 0 Å². The number of aliphatic hydroxyl groups is 1. The van der Waals surface area contributed by atoms with Crippen molar-refractivity contribution in [3.05, 3.63) is 34.4 Å². The lowest BCUT2D eigenvalue weighted by Gasteiger charge is -2.42. The molecule has 26 heavy (non-hydrogen) atoms. The summed E-state index contributed by atoms with van der Waals surface area (Å²) in [5, 5.41) is 10.1. The summed E-state index contributed by atoms with van der Waals surface area (Å²) < 4.78 is 47.6. The Bertz CT molecular complexity index is 866. The molecule has 0 spiro atoms. The van der Waals surface area contributed by atoms with E-state index in [1.165, 1.54) is 6.07 Å². The third-order valence-electron chi connectivity index (χ3n) is 4.66. The van der Waals surface area contributed by atoms with Crippen LogP contribution >= 0.6 is 0 Å². The average molecular weight is 370 g/mol. The molecule has 1 N–H and O–H groups in total. The maximum atomic E-state index is 13.7. The van der Waals surface area contributed by atoms with Crippen LogP contribution in [0.1, 0.15) is 51.1 Å². The zero-order valence-corrected chi connectivity index (χ0v) is 14.6. The predicted octanol–water partition coefficient (Wildman–Crippen LogP) is 3.68. The molecule has 2 aromatic rings. The fraction of sp³-hybridized carbons (Fsp3) is 0.556. The highest BCUT2D eigenvalue weighted by Gasteiger charge is 2.42. The third-order valence-corrected chi connectivity index (χ3v) is 4.66. The van der Waals surface area contributed by atoms with Crippen LogP contribution in [0.2, 0.25) is 0 Å². The molecular formula is C18H21F3N2O3. The molecule has 1 fully saturated rings. The van der Waals surface area contributed by atoms with Gasteiger partial charge in [0, 0.05) is 17.6 Å². The van der Waals surface area contributed by atoms with E-state index in [4.69, 9.17) is 4.74 Å². The molecule has 1 saturated carbocycles. The van der Waals surface area contributed by atoms with Gasteiger partial charge in [-0.2, -0.15) is 13.2 Å². The summed E-state index contributed by atoms with van der Waals surface area (Å²) in [5.74, 6) is 0.103. The second kappa shape index (κ2) is 6.57. The van der Waals surface area contributed by atoms with Gasteiger partial charge in [-0.1, -0.05) is 13.3 Å². The van der Waals surface area contributed by atoms with Gasteiger partial charge in [-0.15, -0.1) is 0 Å². The summed E-state index contributed by atoms with van der Waals surface area (Å²) in [6, 6.07) is 1.90. The Balaban J connectivity index is 2.16. The molecule has 1 aliphatic carbocycles. The number of hydrogen-bond acceptors (Lipinski definition) is 4. The van der Waals surface area contributed by atoms with E-state index in [9.17, 15) is 23.1 Å². The van der Waals surface area contributed by atoms with Gasteiger partial charge in [0.25, 0.3) is 0 Å². The Kier molecular flexibility index (Phi) is 4.72. The molecule has 0 unspecified atom stereocenters. The van der Waals surface area contributed by atoms with Gasteiger partial charge in [-0.3, -0.25) is 4.57 Å². The molecule has 0 radical (unpaired) electrons. The number of aromatic nitrogens is 2. The van der Waals surface area contributed by atoms with Crippen molar-refractivity contribution in [3.8, 4) is 5.75 Å². The van der Waals surface area contributed by atoms with Crippen LogP contribution in [0.3, 0.4) is 0 Å². The van der Waals surface area contributed by atoms with E-state index in [-0.39, 0.29) is 29.5 Å². The van der Waals surface area contributed by atoms with Crippen LogP contribution in [0.25, 0.3) is 10.9 Å². The Hall–Kier alpha value is -2.09. The van der Waals surface area contributed by atoms with Crippen LogP contribution in [0.4, 0.5) is 13.2 Å². The lowest BCUT2D eigenvalue weighted by molar-refractivity contribution is -0.136. The quantitative estimate of drug-likeness (QED) is 0.816. The molecule has 1 aromatic carbocycles. The van der Waals surface area contributed by atoms with E-state index in [1.807, 2.05) is 6.92 Å². The van der Waals surface area contributed by atoms with Gasteiger partial charge >= 0.3 is 11.9 Å². The molecule has 8 heteroatoms. The van der Waals surface area contributed by atoms with Crippen LogP contribution in [-0.4, -0.2) is 26.9 Å². The monoisotopic (exact) mass is 370 g/mol. The van der Waals surface area contributed by atoms with Gasteiger partial charge in [0.2, 0.25) is 0 Å². The normalized spacial score (nSPS) is 23.1. The molecule has 0 aliphatic heterocycles. The smallest absolute Gasteiger partial charge is 0.418 e. The van der Waals surface area contributed by atoms with Crippen molar-refractivity contribution in [2.75, 3.05) is 6.61 Å². The SMILES string of the molecule is CCCCOc1cc(C(F)(F)F)c2c(cnc(=O)n2C2CC(C)(O)C2)c1. The molecule has 1 aliphatic rings. The van der Waals surface area contributed by atoms with Gasteiger partial charge in [-0.25, -0.2) is 9.78 Å². The first kappa shape index (κ1) is 18.7. The Labute approximate surface area is 148 Å². The maximum absolute atomic E-state index is 13.7. The van der Waals surface area contributed by atoms with Crippen molar-refractivity contribution in [3.63, 3.8) is 0 Å². The number of fused-ring (bicyclic) bond motifs is 1. The topological polar surface area (TPSA) is 64.3 Å². The number of rotatable bonds is 5. The first-order valence-corrected chi connectivity index (χ1v) is 8.60. The van der Waals surface area contributed by atoms with E-state index in [0.717, 1.165) is 29.7 Å². The van der Waals surface area contributed by atoms with Gasteiger partial charge in [0.15, 0.2) is 0 Å². The maximum Gasteiger partial charge on any atom is 0.418 e. The van der Waals surface area contributed by atoms with Gasteiger partial charge in [0.05, 0.1) is 23.3 Å². The van der Waals surface area contributed by atoms with E-state index in [2.05, 4.69) is 4.98 Å². The lowest BCUT2D eigenvalue weighted by Crippen LogP contribution is -2.45. The number of alkyl halides is 3. The van der Waals surface area contributed by atoms with Crippen molar-refractivity contribution >= 4 is 10.9 Å². The number of ether oxygens (including phenoxy) is 1. The largest absolute Gasteiger partial charge is 0.494 e. The van der Waals surface area contributed by atoms with Crippen LogP contribution in [0.15, 0.2) is 23.1 Å². The summed E-state index contributed by atoms with van der Waals surface area (Å²) >= 11 is 0. The first-order chi connectivity index (χ1) is 12.1. The molecule has 142 valence electrons. The predicted molar refractivity (Wildman–Crippen MR) is 90.3 cm³/mol. The first-order valence-electron chi connectivity index (χ1n) is 8.60. The van der Waals surface area contributed by atoms with Crippen LogP contribution < -0.4 is 10.4 Å². The number of unbranched alkanes of at least 4 members (excludes halogenated alkanes) is 1. The fourth-order valence-corrected chi connectivity index (χ4v) is 3.39. The second-order valence-electron chi connectivity index (χ2n) is 7.08. The minimum atomic E-state index is -4.65. The zero-order valence-electron chi connectivity index (χ0n) is 14.6. The molecule has 0 amide bonds. The number of benzene rings is 1. The minimum absolute atomic E-state index is 0.103. The molecule has 0 saturated heterocycles. The van der Waals surface area contributed by atoms with Crippen molar-refractivity contribution in [1.82, 2.24) is 9.55 Å². The molecule has 3 rings (SSSR count). The number of nitrogens with zero attached hydrogens (tertiary/aromatic N) is 2. The van der Waals surface area contributed by atoms with E-state index < -0.39 is 29.1 Å². The van der Waals surface area contributed by atoms with Crippen molar-refractivity contribution in [1.29, 1.82) is 0 Å². The molecule has 1 aromatic heterocycles.